The second kappa shape index (κ2) is 6.66. The number of hydrogen-bond acceptors (Lipinski definition) is 6. The third-order valence-corrected chi connectivity index (χ3v) is 4.09. The monoisotopic (exact) mass is 361 g/mol. The number of rotatable bonds is 4. The zero-order chi connectivity index (χ0) is 18.1. The molecule has 0 saturated heterocycles. The van der Waals surface area contributed by atoms with Crippen LogP contribution in [0.15, 0.2) is 24.5 Å². The molecule has 0 aromatic carbocycles. The summed E-state index contributed by atoms with van der Waals surface area (Å²) in [6.45, 7) is 5.09. The lowest BCUT2D eigenvalue weighted by molar-refractivity contribution is -0.164. The molecule has 0 fully saturated rings. The maximum atomic E-state index is 13.3. The van der Waals surface area contributed by atoms with Gasteiger partial charge in [0.2, 0.25) is 6.41 Å². The van der Waals surface area contributed by atoms with E-state index in [2.05, 4.69) is 9.97 Å². The van der Waals surface area contributed by atoms with Gasteiger partial charge in [-0.05, 0) is 32.9 Å². The number of alkyl halides is 3. The maximum Gasteiger partial charge on any atom is 0.436 e. The van der Waals surface area contributed by atoms with Gasteiger partial charge in [0.1, 0.15) is 10.0 Å². The van der Waals surface area contributed by atoms with Gasteiger partial charge in [-0.15, -0.1) is 0 Å². The highest BCUT2D eigenvalue weighted by Crippen LogP contribution is 2.43. The van der Waals surface area contributed by atoms with E-state index in [4.69, 9.17) is 4.74 Å². The molecule has 0 aliphatic heterocycles. The minimum absolute atomic E-state index is 0.167. The Morgan fingerprint density at radius 1 is 1.29 bits per heavy atom. The third-order valence-electron chi connectivity index (χ3n) is 2.90. The first-order chi connectivity index (χ1) is 11.0. The van der Waals surface area contributed by atoms with E-state index in [1.54, 1.807) is 32.9 Å². The smallest absolute Gasteiger partial charge is 0.351 e. The number of thiazole rings is 1. The first-order valence-electron chi connectivity index (χ1n) is 7.06. The average molecular weight is 361 g/mol. The summed E-state index contributed by atoms with van der Waals surface area (Å²) >= 11 is 0.817. The van der Waals surface area contributed by atoms with Gasteiger partial charge in [0.15, 0.2) is 5.69 Å². The van der Waals surface area contributed by atoms with E-state index in [0.717, 1.165) is 16.2 Å². The van der Waals surface area contributed by atoms with E-state index in [9.17, 15) is 18.3 Å². The molecule has 0 amide bonds. The first-order valence-corrected chi connectivity index (χ1v) is 7.88. The Balaban J connectivity index is 2.43. The fraction of sp³-hybridized carbons (Fsp3) is 0.467. The minimum Gasteiger partial charge on any atom is -0.351 e. The number of ether oxygens (including phenoxy) is 1. The lowest BCUT2D eigenvalue weighted by Crippen LogP contribution is -2.39. The summed E-state index contributed by atoms with van der Waals surface area (Å²) in [5, 5.41) is 10.0. The van der Waals surface area contributed by atoms with Gasteiger partial charge in [0.25, 0.3) is 0 Å². The summed E-state index contributed by atoms with van der Waals surface area (Å²) in [5.41, 5.74) is -1.31. The van der Waals surface area contributed by atoms with Gasteiger partial charge < -0.3 is 14.7 Å². The molecule has 2 aromatic rings. The Bertz CT molecular complexity index is 684. The molecule has 0 bridgehead atoms. The molecular weight excluding hydrogens is 343 g/mol. The van der Waals surface area contributed by atoms with Crippen molar-refractivity contribution < 1.29 is 23.0 Å². The molecule has 5 nitrogen and oxygen atoms in total. The topological polar surface area (TPSA) is 58.5 Å². The number of hydrogen-bond donors (Lipinski definition) is 1. The summed E-state index contributed by atoms with van der Waals surface area (Å²) in [4.78, 5) is 8.60. The summed E-state index contributed by atoms with van der Waals surface area (Å²) in [5.74, 6) is 0. The molecule has 2 aromatic heterocycles. The predicted molar refractivity (Wildman–Crippen MR) is 85.6 cm³/mol. The van der Waals surface area contributed by atoms with E-state index in [0.29, 0.717) is 5.56 Å². The summed E-state index contributed by atoms with van der Waals surface area (Å²) in [6, 6.07) is 3.24. The Labute approximate surface area is 141 Å². The predicted octanol–water partition coefficient (Wildman–Crippen LogP) is 3.75. The standard InChI is InChI=1S/C15H18F3N3O2S/c1-14(2,3)23-13(22)21(4)12-10(15(16,17)18)20-11(24-12)9-6-5-7-19-8-9/h5-8,13,22H,1-4H3. The maximum absolute atomic E-state index is 13.3. The fourth-order valence-electron chi connectivity index (χ4n) is 1.84. The van der Waals surface area contributed by atoms with Crippen molar-refractivity contribution in [3.8, 4) is 10.6 Å². The lowest BCUT2D eigenvalue weighted by Gasteiger charge is -2.30. The molecule has 9 heteroatoms. The highest BCUT2D eigenvalue weighted by molar-refractivity contribution is 7.19. The van der Waals surface area contributed by atoms with Crippen molar-refractivity contribution in [2.45, 2.75) is 39.0 Å². The van der Waals surface area contributed by atoms with Crippen molar-refractivity contribution in [3.05, 3.63) is 30.2 Å². The van der Waals surface area contributed by atoms with Crippen LogP contribution in [-0.4, -0.2) is 34.1 Å². The van der Waals surface area contributed by atoms with Gasteiger partial charge in [-0.3, -0.25) is 4.98 Å². The van der Waals surface area contributed by atoms with Crippen LogP contribution in [0.5, 0.6) is 0 Å². The quantitative estimate of drug-likeness (QED) is 0.841. The van der Waals surface area contributed by atoms with Gasteiger partial charge >= 0.3 is 6.18 Å². The second-order valence-electron chi connectivity index (χ2n) is 6.08. The van der Waals surface area contributed by atoms with Gasteiger partial charge in [-0.2, -0.15) is 13.2 Å². The summed E-state index contributed by atoms with van der Waals surface area (Å²) in [6.07, 6.45) is -3.23. The number of anilines is 1. The molecule has 0 saturated carbocycles. The highest BCUT2D eigenvalue weighted by Gasteiger charge is 2.40. The molecule has 1 atom stereocenters. The molecule has 0 radical (unpaired) electrons. The zero-order valence-corrected chi connectivity index (χ0v) is 14.4. The molecule has 2 rings (SSSR count). The molecule has 1 unspecified atom stereocenters. The summed E-state index contributed by atoms with van der Waals surface area (Å²) < 4.78 is 45.3. The number of nitrogens with zero attached hydrogens (tertiary/aromatic N) is 3. The first kappa shape index (κ1) is 18.6. The Morgan fingerprint density at radius 3 is 2.46 bits per heavy atom. The van der Waals surface area contributed by atoms with Crippen LogP contribution in [0.3, 0.4) is 0 Å². The Hall–Kier alpha value is -1.71. The van der Waals surface area contributed by atoms with Crippen molar-refractivity contribution in [3.63, 3.8) is 0 Å². The SMILES string of the molecule is CN(c1sc(-c2cccnc2)nc1C(F)(F)F)C(O)OC(C)(C)C. The van der Waals surface area contributed by atoms with E-state index < -0.39 is 23.9 Å². The number of aromatic nitrogens is 2. The van der Waals surface area contributed by atoms with Gasteiger partial charge in [0, 0.05) is 25.0 Å². The number of aliphatic hydroxyl groups is 1. The fourth-order valence-corrected chi connectivity index (χ4v) is 2.89. The molecule has 1 N–H and O–H groups in total. The Kier molecular flexibility index (Phi) is 5.17. The molecule has 0 aliphatic carbocycles. The molecule has 0 spiro atoms. The van der Waals surface area contributed by atoms with Crippen LogP contribution >= 0.6 is 11.3 Å². The number of aliphatic hydroxyl groups excluding tert-OH is 1. The minimum atomic E-state index is -4.65. The number of halogens is 3. The summed E-state index contributed by atoms with van der Waals surface area (Å²) in [7, 11) is 1.33. The molecule has 2 heterocycles. The van der Waals surface area contributed by atoms with Crippen LogP contribution < -0.4 is 4.90 Å². The lowest BCUT2D eigenvalue weighted by atomic mass is 10.2. The van der Waals surface area contributed by atoms with Crippen molar-refractivity contribution in [2.75, 3.05) is 11.9 Å². The molecular formula is C15H18F3N3O2S. The van der Waals surface area contributed by atoms with Crippen LogP contribution in [0.1, 0.15) is 26.5 Å². The molecule has 132 valence electrons. The van der Waals surface area contributed by atoms with Gasteiger partial charge in [0.05, 0.1) is 5.60 Å². The van der Waals surface area contributed by atoms with Crippen LogP contribution in [0.4, 0.5) is 18.2 Å². The zero-order valence-electron chi connectivity index (χ0n) is 13.6. The average Bonchev–Trinajstić information content (AvgIpc) is 2.90. The van der Waals surface area contributed by atoms with E-state index in [-0.39, 0.29) is 10.0 Å². The van der Waals surface area contributed by atoms with Crippen LogP contribution in [-0.2, 0) is 10.9 Å². The van der Waals surface area contributed by atoms with Crippen molar-refractivity contribution in [1.82, 2.24) is 9.97 Å². The highest BCUT2D eigenvalue weighted by atomic mass is 32.1. The van der Waals surface area contributed by atoms with Crippen molar-refractivity contribution in [1.29, 1.82) is 0 Å². The van der Waals surface area contributed by atoms with Crippen LogP contribution in [0, 0.1) is 0 Å². The molecule has 0 aliphatic rings. The largest absolute Gasteiger partial charge is 0.436 e. The Morgan fingerprint density at radius 2 is 1.96 bits per heavy atom. The van der Waals surface area contributed by atoms with Crippen molar-refractivity contribution in [2.24, 2.45) is 0 Å². The number of pyridine rings is 1. The molecule has 24 heavy (non-hydrogen) atoms. The normalized spacial score (nSPS) is 13.8. The van der Waals surface area contributed by atoms with Gasteiger partial charge in [-0.1, -0.05) is 11.3 Å². The van der Waals surface area contributed by atoms with Crippen LogP contribution in [0.25, 0.3) is 10.6 Å². The van der Waals surface area contributed by atoms with Crippen LogP contribution in [0.2, 0.25) is 0 Å². The van der Waals surface area contributed by atoms with E-state index >= 15 is 0 Å². The van der Waals surface area contributed by atoms with Crippen molar-refractivity contribution >= 4 is 16.3 Å². The van der Waals surface area contributed by atoms with Gasteiger partial charge in [-0.25, -0.2) is 4.98 Å². The third kappa shape index (κ3) is 4.43. The van der Waals surface area contributed by atoms with E-state index in [1.807, 2.05) is 0 Å². The van der Waals surface area contributed by atoms with E-state index in [1.165, 1.54) is 19.4 Å². The second-order valence-corrected chi connectivity index (χ2v) is 7.06.